The monoisotopic (exact) mass is 237 g/mol. The van der Waals surface area contributed by atoms with Crippen LogP contribution in [-0.2, 0) is 6.42 Å². The Labute approximate surface area is 103 Å². The normalized spacial score (nSPS) is 14.2. The molecule has 3 aromatic heterocycles. The Morgan fingerprint density at radius 3 is 3.28 bits per heavy atom. The van der Waals surface area contributed by atoms with E-state index in [1.165, 1.54) is 5.56 Å². The highest BCUT2D eigenvalue weighted by atomic mass is 16.1. The summed E-state index contributed by atoms with van der Waals surface area (Å²) < 4.78 is 2.01. The van der Waals surface area contributed by atoms with E-state index < -0.39 is 0 Å². The number of hydrogen-bond donors (Lipinski definition) is 1. The van der Waals surface area contributed by atoms with Gasteiger partial charge >= 0.3 is 0 Å². The molecule has 0 spiro atoms. The van der Waals surface area contributed by atoms with E-state index in [4.69, 9.17) is 0 Å². The molecule has 0 saturated heterocycles. The lowest BCUT2D eigenvalue weighted by molar-refractivity contribution is 0.977. The van der Waals surface area contributed by atoms with Crippen molar-refractivity contribution in [1.82, 2.24) is 14.6 Å². The number of aryl methyl sites for hydroxylation is 1. The van der Waals surface area contributed by atoms with Crippen LogP contribution in [0.3, 0.4) is 0 Å². The molecule has 0 aromatic carbocycles. The first kappa shape index (κ1) is 9.65. The van der Waals surface area contributed by atoms with Gasteiger partial charge in [-0.1, -0.05) is 12.2 Å². The van der Waals surface area contributed by atoms with Crippen LogP contribution in [0.2, 0.25) is 0 Å². The van der Waals surface area contributed by atoms with Crippen molar-refractivity contribution in [2.75, 3.05) is 0 Å². The standard InChI is InChI=1S/C14H11N3O/c18-14-12-10(7-15-16-14)8-17-6-5-9-3-1-2-4-11(9)13(12)17/h2,4-8H,1,3H2,(H,16,18). The molecule has 4 rings (SSSR count). The molecule has 1 aliphatic rings. The zero-order chi connectivity index (χ0) is 12.1. The van der Waals surface area contributed by atoms with E-state index in [9.17, 15) is 4.79 Å². The molecule has 4 nitrogen and oxygen atoms in total. The summed E-state index contributed by atoms with van der Waals surface area (Å²) in [7, 11) is 0. The van der Waals surface area contributed by atoms with Crippen LogP contribution in [0, 0.1) is 0 Å². The maximum absolute atomic E-state index is 12.0. The fourth-order valence-corrected chi connectivity index (χ4v) is 2.75. The average Bonchev–Trinajstić information content (AvgIpc) is 2.79. The van der Waals surface area contributed by atoms with E-state index in [2.05, 4.69) is 28.4 Å². The van der Waals surface area contributed by atoms with Crippen molar-refractivity contribution in [2.24, 2.45) is 0 Å². The molecular weight excluding hydrogens is 226 g/mol. The average molecular weight is 237 g/mol. The maximum atomic E-state index is 12.0. The van der Waals surface area contributed by atoms with Crippen molar-refractivity contribution in [3.63, 3.8) is 0 Å². The van der Waals surface area contributed by atoms with Crippen LogP contribution in [-0.4, -0.2) is 14.6 Å². The van der Waals surface area contributed by atoms with Crippen molar-refractivity contribution in [2.45, 2.75) is 12.8 Å². The fourth-order valence-electron chi connectivity index (χ4n) is 2.75. The SMILES string of the molecule is O=c1[nH]ncc2cn3ccc4c(c3c12)C=CCC4. The van der Waals surface area contributed by atoms with Gasteiger partial charge in [-0.15, -0.1) is 0 Å². The number of fused-ring (bicyclic) bond motifs is 5. The summed E-state index contributed by atoms with van der Waals surface area (Å²) >= 11 is 0. The minimum Gasteiger partial charge on any atom is -0.322 e. The summed E-state index contributed by atoms with van der Waals surface area (Å²) in [5.74, 6) is 0. The zero-order valence-electron chi connectivity index (χ0n) is 9.68. The highest BCUT2D eigenvalue weighted by molar-refractivity contribution is 6.00. The van der Waals surface area contributed by atoms with Crippen molar-refractivity contribution < 1.29 is 0 Å². The first-order valence-electron chi connectivity index (χ1n) is 6.01. The summed E-state index contributed by atoms with van der Waals surface area (Å²) in [6.07, 6.45) is 12.1. The molecule has 1 N–H and O–H groups in total. The molecule has 0 fully saturated rings. The van der Waals surface area contributed by atoms with Gasteiger partial charge in [-0.3, -0.25) is 4.79 Å². The lowest BCUT2D eigenvalue weighted by atomic mass is 9.97. The van der Waals surface area contributed by atoms with Crippen molar-refractivity contribution in [3.05, 3.63) is 52.2 Å². The van der Waals surface area contributed by atoms with Crippen molar-refractivity contribution >= 4 is 22.4 Å². The van der Waals surface area contributed by atoms with E-state index in [1.54, 1.807) is 6.20 Å². The number of allylic oxidation sites excluding steroid dienone is 1. The fraction of sp³-hybridized carbons (Fsp3) is 0.143. The van der Waals surface area contributed by atoms with Gasteiger partial charge in [0.1, 0.15) is 0 Å². The molecule has 3 heterocycles. The van der Waals surface area contributed by atoms with Gasteiger partial charge < -0.3 is 4.40 Å². The largest absolute Gasteiger partial charge is 0.322 e. The van der Waals surface area contributed by atoms with Crippen molar-refractivity contribution in [1.29, 1.82) is 0 Å². The lowest BCUT2D eigenvalue weighted by Gasteiger charge is -2.11. The van der Waals surface area contributed by atoms with Gasteiger partial charge in [-0.05, 0) is 24.5 Å². The lowest BCUT2D eigenvalue weighted by Crippen LogP contribution is -2.07. The first-order valence-corrected chi connectivity index (χ1v) is 6.01. The molecule has 18 heavy (non-hydrogen) atoms. The number of H-pyrrole nitrogens is 1. The van der Waals surface area contributed by atoms with Crippen LogP contribution >= 0.6 is 0 Å². The molecule has 4 heteroatoms. The molecule has 3 aromatic rings. The highest BCUT2D eigenvalue weighted by Crippen LogP contribution is 2.28. The second kappa shape index (κ2) is 3.32. The summed E-state index contributed by atoms with van der Waals surface area (Å²) in [4.78, 5) is 12.0. The molecule has 1 aliphatic carbocycles. The Balaban J connectivity index is 2.32. The molecule has 0 saturated carbocycles. The van der Waals surface area contributed by atoms with E-state index in [0.717, 1.165) is 34.7 Å². The van der Waals surface area contributed by atoms with Crippen LogP contribution in [0.4, 0.5) is 0 Å². The second-order valence-corrected chi connectivity index (χ2v) is 4.61. The molecule has 0 unspecified atom stereocenters. The van der Waals surface area contributed by atoms with Crippen LogP contribution in [0.15, 0.2) is 35.5 Å². The number of aromatic amines is 1. The second-order valence-electron chi connectivity index (χ2n) is 4.61. The molecule has 0 atom stereocenters. The van der Waals surface area contributed by atoms with Gasteiger partial charge in [0, 0.05) is 23.3 Å². The number of aromatic nitrogens is 3. The summed E-state index contributed by atoms with van der Waals surface area (Å²) in [6.45, 7) is 0. The van der Waals surface area contributed by atoms with Crippen LogP contribution in [0.1, 0.15) is 17.5 Å². The molecule has 0 radical (unpaired) electrons. The van der Waals surface area contributed by atoms with E-state index in [-0.39, 0.29) is 5.56 Å². The Hall–Kier alpha value is -2.36. The third-order valence-corrected chi connectivity index (χ3v) is 3.56. The predicted molar refractivity (Wildman–Crippen MR) is 70.7 cm³/mol. The third-order valence-electron chi connectivity index (χ3n) is 3.56. The van der Waals surface area contributed by atoms with E-state index in [1.807, 2.05) is 16.8 Å². The number of hydrogen-bond acceptors (Lipinski definition) is 2. The minimum absolute atomic E-state index is 0.123. The zero-order valence-corrected chi connectivity index (χ0v) is 9.68. The minimum atomic E-state index is -0.123. The van der Waals surface area contributed by atoms with Gasteiger partial charge in [-0.2, -0.15) is 5.10 Å². The van der Waals surface area contributed by atoms with Gasteiger partial charge in [0.2, 0.25) is 0 Å². The summed E-state index contributed by atoms with van der Waals surface area (Å²) in [5.41, 5.74) is 3.33. The van der Waals surface area contributed by atoms with Crippen LogP contribution < -0.4 is 5.56 Å². The van der Waals surface area contributed by atoms with Gasteiger partial charge in [0.15, 0.2) is 0 Å². The number of nitrogens with zero attached hydrogens (tertiary/aromatic N) is 2. The topological polar surface area (TPSA) is 50.2 Å². The maximum Gasteiger partial charge on any atom is 0.274 e. The van der Waals surface area contributed by atoms with Gasteiger partial charge in [0.25, 0.3) is 5.56 Å². The molecule has 0 bridgehead atoms. The number of nitrogens with one attached hydrogen (secondary N) is 1. The molecular formula is C14H11N3O. The number of rotatable bonds is 0. The Morgan fingerprint density at radius 1 is 1.39 bits per heavy atom. The predicted octanol–water partition coefficient (Wildman–Crippen LogP) is 2.14. The Bertz CT molecular complexity index is 854. The van der Waals surface area contributed by atoms with Gasteiger partial charge in [0.05, 0.1) is 17.1 Å². The van der Waals surface area contributed by atoms with Crippen LogP contribution in [0.25, 0.3) is 22.4 Å². The summed E-state index contributed by atoms with van der Waals surface area (Å²) in [5, 5.41) is 7.98. The molecule has 0 amide bonds. The molecule has 88 valence electrons. The van der Waals surface area contributed by atoms with Crippen LogP contribution in [0.5, 0.6) is 0 Å². The third kappa shape index (κ3) is 1.14. The number of pyridine rings is 1. The Kier molecular flexibility index (Phi) is 1.78. The van der Waals surface area contributed by atoms with Gasteiger partial charge in [-0.25, -0.2) is 5.10 Å². The smallest absolute Gasteiger partial charge is 0.274 e. The summed E-state index contributed by atoms with van der Waals surface area (Å²) in [6, 6.07) is 2.13. The molecule has 0 aliphatic heterocycles. The van der Waals surface area contributed by atoms with Crippen molar-refractivity contribution in [3.8, 4) is 0 Å². The van der Waals surface area contributed by atoms with E-state index in [0.29, 0.717) is 0 Å². The quantitative estimate of drug-likeness (QED) is 0.651. The first-order chi connectivity index (χ1) is 8.84. The Morgan fingerprint density at radius 2 is 2.33 bits per heavy atom. The highest BCUT2D eigenvalue weighted by Gasteiger charge is 2.14. The van der Waals surface area contributed by atoms with E-state index >= 15 is 0 Å².